The molecule has 2 saturated carbocycles. The molecule has 3 fully saturated rings. The van der Waals surface area contributed by atoms with Gasteiger partial charge in [-0.25, -0.2) is 4.79 Å². The van der Waals surface area contributed by atoms with Crippen LogP contribution < -0.4 is 10.6 Å². The standard InChI is InChI=1S/C22H31N3O3/c26-14-19-20(15-7-2-1-3-8-15)18(25(19)21(27)16-9-6-10-16)13-23-22(28)24-17-11-4-5-12-17/h1-3,7-8,16-20,26H,4-6,9-14H2,(H2,23,24,28)/t18-,19-,20-/m1/s1. The molecule has 152 valence electrons. The summed E-state index contributed by atoms with van der Waals surface area (Å²) in [5, 5.41) is 16.0. The summed E-state index contributed by atoms with van der Waals surface area (Å²) < 4.78 is 0. The Bertz CT molecular complexity index is 686. The van der Waals surface area contributed by atoms with Crippen LogP contribution in [0.2, 0.25) is 0 Å². The second-order valence-corrected chi connectivity index (χ2v) is 8.46. The smallest absolute Gasteiger partial charge is 0.315 e. The fourth-order valence-corrected chi connectivity index (χ4v) is 4.99. The van der Waals surface area contributed by atoms with Gasteiger partial charge in [0, 0.05) is 24.4 Å². The van der Waals surface area contributed by atoms with Gasteiger partial charge in [0.05, 0.1) is 18.7 Å². The van der Waals surface area contributed by atoms with Crippen LogP contribution in [0.15, 0.2) is 30.3 Å². The number of aliphatic hydroxyl groups is 1. The van der Waals surface area contributed by atoms with E-state index in [1.54, 1.807) is 0 Å². The number of hydrogen-bond acceptors (Lipinski definition) is 3. The number of carbonyl (C=O) groups is 2. The number of likely N-dealkylation sites (tertiary alicyclic amines) is 1. The third-order valence-electron chi connectivity index (χ3n) is 6.79. The average molecular weight is 386 g/mol. The minimum absolute atomic E-state index is 0.0435. The van der Waals surface area contributed by atoms with Crippen LogP contribution in [0.5, 0.6) is 0 Å². The number of nitrogens with one attached hydrogen (secondary N) is 2. The van der Waals surface area contributed by atoms with Crippen LogP contribution in [0.3, 0.4) is 0 Å². The number of aliphatic hydroxyl groups excluding tert-OH is 1. The summed E-state index contributed by atoms with van der Waals surface area (Å²) in [5.41, 5.74) is 1.11. The van der Waals surface area contributed by atoms with Gasteiger partial charge in [0.15, 0.2) is 0 Å². The van der Waals surface area contributed by atoms with E-state index in [1.165, 1.54) is 12.8 Å². The monoisotopic (exact) mass is 385 g/mol. The number of urea groups is 1. The summed E-state index contributed by atoms with van der Waals surface area (Å²) in [7, 11) is 0. The van der Waals surface area contributed by atoms with Crippen molar-refractivity contribution < 1.29 is 14.7 Å². The van der Waals surface area contributed by atoms with Crippen LogP contribution in [0, 0.1) is 5.92 Å². The predicted molar refractivity (Wildman–Crippen MR) is 107 cm³/mol. The lowest BCUT2D eigenvalue weighted by Gasteiger charge is -2.56. The minimum Gasteiger partial charge on any atom is -0.394 e. The van der Waals surface area contributed by atoms with Crippen molar-refractivity contribution >= 4 is 11.9 Å². The number of rotatable bonds is 6. The Balaban J connectivity index is 1.45. The Morgan fingerprint density at radius 2 is 1.71 bits per heavy atom. The van der Waals surface area contributed by atoms with E-state index in [4.69, 9.17) is 0 Å². The van der Waals surface area contributed by atoms with Crippen molar-refractivity contribution in [2.45, 2.75) is 69.0 Å². The van der Waals surface area contributed by atoms with Crippen LogP contribution in [-0.4, -0.2) is 53.2 Å². The summed E-state index contributed by atoms with van der Waals surface area (Å²) >= 11 is 0. The molecule has 0 unspecified atom stereocenters. The first-order valence-electron chi connectivity index (χ1n) is 10.7. The molecule has 28 heavy (non-hydrogen) atoms. The summed E-state index contributed by atoms with van der Waals surface area (Å²) in [6.07, 6.45) is 7.40. The Labute approximate surface area is 166 Å². The molecule has 3 N–H and O–H groups in total. The quantitative estimate of drug-likeness (QED) is 0.703. The van der Waals surface area contributed by atoms with Gasteiger partial charge in [0.25, 0.3) is 0 Å². The van der Waals surface area contributed by atoms with Crippen molar-refractivity contribution in [3.63, 3.8) is 0 Å². The molecule has 1 aliphatic heterocycles. The van der Waals surface area contributed by atoms with Crippen LogP contribution in [0.25, 0.3) is 0 Å². The fourth-order valence-electron chi connectivity index (χ4n) is 4.99. The molecule has 3 atom stereocenters. The number of benzene rings is 1. The number of hydrogen-bond donors (Lipinski definition) is 3. The summed E-state index contributed by atoms with van der Waals surface area (Å²) in [6.45, 7) is 0.357. The first-order valence-corrected chi connectivity index (χ1v) is 10.7. The molecular weight excluding hydrogens is 354 g/mol. The third kappa shape index (κ3) is 3.75. The molecule has 1 aromatic rings. The predicted octanol–water partition coefficient (Wildman–Crippen LogP) is 2.38. The van der Waals surface area contributed by atoms with Gasteiger partial charge >= 0.3 is 6.03 Å². The molecule has 3 aliphatic rings. The highest BCUT2D eigenvalue weighted by molar-refractivity contribution is 5.82. The van der Waals surface area contributed by atoms with Crippen molar-refractivity contribution in [3.05, 3.63) is 35.9 Å². The minimum atomic E-state index is -0.208. The molecular formula is C22H31N3O3. The van der Waals surface area contributed by atoms with E-state index in [2.05, 4.69) is 10.6 Å². The van der Waals surface area contributed by atoms with E-state index in [9.17, 15) is 14.7 Å². The number of carbonyl (C=O) groups excluding carboxylic acids is 2. The van der Waals surface area contributed by atoms with Gasteiger partial charge in [-0.05, 0) is 31.2 Å². The van der Waals surface area contributed by atoms with Crippen molar-refractivity contribution in [1.29, 1.82) is 0 Å². The fraction of sp³-hybridized carbons (Fsp3) is 0.636. The van der Waals surface area contributed by atoms with E-state index in [1.807, 2.05) is 35.2 Å². The van der Waals surface area contributed by atoms with Gasteiger partial charge in [0.1, 0.15) is 0 Å². The van der Waals surface area contributed by atoms with Gasteiger partial charge < -0.3 is 20.6 Å². The van der Waals surface area contributed by atoms with E-state index >= 15 is 0 Å². The topological polar surface area (TPSA) is 81.7 Å². The molecule has 3 amide bonds. The molecule has 6 heteroatoms. The van der Waals surface area contributed by atoms with E-state index in [-0.39, 0.29) is 48.5 Å². The Hall–Kier alpha value is -2.08. The Morgan fingerprint density at radius 1 is 1.00 bits per heavy atom. The van der Waals surface area contributed by atoms with E-state index in [0.29, 0.717) is 6.54 Å². The maximum Gasteiger partial charge on any atom is 0.315 e. The molecule has 1 saturated heterocycles. The van der Waals surface area contributed by atoms with Crippen molar-refractivity contribution in [2.24, 2.45) is 5.92 Å². The average Bonchev–Trinajstić information content (AvgIpc) is 3.13. The second kappa shape index (κ2) is 8.52. The van der Waals surface area contributed by atoms with E-state index in [0.717, 1.165) is 37.7 Å². The normalized spacial score (nSPS) is 27.8. The van der Waals surface area contributed by atoms with Gasteiger partial charge in [0.2, 0.25) is 5.91 Å². The van der Waals surface area contributed by atoms with Gasteiger partial charge in [-0.1, -0.05) is 49.6 Å². The SMILES string of the molecule is O=C(NC[C@@H]1[C@@H](c2ccccc2)[C@@H](CO)N1C(=O)C1CCC1)NC1CCCC1. The molecule has 6 nitrogen and oxygen atoms in total. The molecule has 1 aromatic carbocycles. The number of amides is 3. The lowest BCUT2D eigenvalue weighted by atomic mass is 9.72. The maximum absolute atomic E-state index is 13.0. The lowest BCUT2D eigenvalue weighted by molar-refractivity contribution is -0.157. The highest BCUT2D eigenvalue weighted by Gasteiger charge is 2.52. The molecule has 4 rings (SSSR count). The second-order valence-electron chi connectivity index (χ2n) is 8.46. The largest absolute Gasteiger partial charge is 0.394 e. The highest BCUT2D eigenvalue weighted by Crippen LogP contribution is 2.43. The van der Waals surface area contributed by atoms with Gasteiger partial charge in [-0.2, -0.15) is 0 Å². The zero-order chi connectivity index (χ0) is 19.5. The third-order valence-corrected chi connectivity index (χ3v) is 6.79. The molecule has 1 heterocycles. The summed E-state index contributed by atoms with van der Waals surface area (Å²) in [4.78, 5) is 27.2. The molecule has 2 aliphatic carbocycles. The zero-order valence-corrected chi connectivity index (χ0v) is 16.3. The van der Waals surface area contributed by atoms with Crippen LogP contribution >= 0.6 is 0 Å². The lowest BCUT2D eigenvalue weighted by Crippen LogP contribution is -2.70. The summed E-state index contributed by atoms with van der Waals surface area (Å²) in [6, 6.07) is 9.83. The summed E-state index contributed by atoms with van der Waals surface area (Å²) in [5.74, 6) is 0.267. The highest BCUT2D eigenvalue weighted by atomic mass is 16.3. The van der Waals surface area contributed by atoms with E-state index < -0.39 is 0 Å². The van der Waals surface area contributed by atoms with Crippen molar-refractivity contribution in [2.75, 3.05) is 13.2 Å². The van der Waals surface area contributed by atoms with Crippen LogP contribution in [0.4, 0.5) is 4.79 Å². The molecule has 0 bridgehead atoms. The zero-order valence-electron chi connectivity index (χ0n) is 16.3. The molecule has 0 radical (unpaired) electrons. The first kappa shape index (κ1) is 19.2. The van der Waals surface area contributed by atoms with Gasteiger partial charge in [-0.15, -0.1) is 0 Å². The number of nitrogens with zero attached hydrogens (tertiary/aromatic N) is 1. The van der Waals surface area contributed by atoms with Crippen molar-refractivity contribution in [3.8, 4) is 0 Å². The maximum atomic E-state index is 13.0. The molecule has 0 aromatic heterocycles. The Kier molecular flexibility index (Phi) is 5.85. The first-order chi connectivity index (χ1) is 13.7. The van der Waals surface area contributed by atoms with Crippen molar-refractivity contribution in [1.82, 2.24) is 15.5 Å². The molecule has 0 spiro atoms. The van der Waals surface area contributed by atoms with Crippen LogP contribution in [0.1, 0.15) is 56.4 Å². The van der Waals surface area contributed by atoms with Gasteiger partial charge in [-0.3, -0.25) is 4.79 Å². The van der Waals surface area contributed by atoms with Crippen LogP contribution in [-0.2, 0) is 4.79 Å². The Morgan fingerprint density at radius 3 is 2.32 bits per heavy atom.